The molecule has 144 valence electrons. The van der Waals surface area contributed by atoms with E-state index in [1.165, 1.54) is 4.68 Å². The number of benzene rings is 1. The van der Waals surface area contributed by atoms with E-state index in [2.05, 4.69) is 43.6 Å². The minimum atomic E-state index is -0.427. The van der Waals surface area contributed by atoms with Gasteiger partial charge >= 0.3 is 0 Å². The summed E-state index contributed by atoms with van der Waals surface area (Å²) in [7, 11) is 0. The molecule has 28 heavy (non-hydrogen) atoms. The number of nitrogens with zero attached hydrogens (tertiary/aromatic N) is 3. The van der Waals surface area contributed by atoms with Crippen molar-refractivity contribution in [3.05, 3.63) is 69.0 Å². The zero-order valence-corrected chi connectivity index (χ0v) is 18.3. The summed E-state index contributed by atoms with van der Waals surface area (Å²) in [4.78, 5) is 17.0. The van der Waals surface area contributed by atoms with E-state index >= 15 is 0 Å². The Morgan fingerprint density at radius 2 is 2.11 bits per heavy atom. The summed E-state index contributed by atoms with van der Waals surface area (Å²) in [6, 6.07) is 11.0. The Morgan fingerprint density at radius 3 is 2.82 bits per heavy atom. The maximum atomic E-state index is 12.8. The molecule has 3 aromatic rings. The Balaban J connectivity index is 1.83. The number of thiocarbonyl (C=S) groups is 1. The fourth-order valence-electron chi connectivity index (χ4n) is 2.72. The number of carbonyl (C=O) groups is 1. The van der Waals surface area contributed by atoms with Crippen LogP contribution in [0.25, 0.3) is 5.82 Å². The van der Waals surface area contributed by atoms with Crippen LogP contribution >= 0.6 is 39.7 Å². The van der Waals surface area contributed by atoms with Crippen LogP contribution in [0.1, 0.15) is 28.5 Å². The molecule has 9 heteroatoms. The highest BCUT2D eigenvalue weighted by Crippen LogP contribution is 2.22. The molecule has 2 N–H and O–H groups in total. The molecular formula is C19H17BrClN5OS. The van der Waals surface area contributed by atoms with Gasteiger partial charge in [-0.05, 0) is 64.8 Å². The third kappa shape index (κ3) is 4.40. The van der Waals surface area contributed by atoms with Crippen LogP contribution in [0.4, 0.5) is 5.69 Å². The minimum absolute atomic E-state index is 0.199. The smallest absolute Gasteiger partial charge is 0.276 e. The molecule has 0 unspecified atom stereocenters. The molecule has 0 fully saturated rings. The lowest BCUT2D eigenvalue weighted by atomic mass is 10.1. The number of aromatic nitrogens is 3. The summed E-state index contributed by atoms with van der Waals surface area (Å²) in [6.07, 6.45) is 2.42. The topological polar surface area (TPSA) is 71.8 Å². The van der Waals surface area contributed by atoms with Gasteiger partial charge in [-0.3, -0.25) is 10.1 Å². The average molecular weight is 479 g/mol. The third-order valence-electron chi connectivity index (χ3n) is 4.06. The molecule has 0 bridgehead atoms. The van der Waals surface area contributed by atoms with Crippen molar-refractivity contribution in [2.24, 2.45) is 0 Å². The van der Waals surface area contributed by atoms with Gasteiger partial charge in [0.25, 0.3) is 5.91 Å². The number of amides is 1. The van der Waals surface area contributed by atoms with Gasteiger partial charge in [0.05, 0.1) is 5.02 Å². The number of nitrogens with one attached hydrogen (secondary N) is 2. The zero-order valence-electron chi connectivity index (χ0n) is 15.2. The second-order valence-electron chi connectivity index (χ2n) is 5.94. The summed E-state index contributed by atoms with van der Waals surface area (Å²) in [5.74, 6) is -0.0740. The van der Waals surface area contributed by atoms with Crippen LogP contribution in [0, 0.1) is 6.92 Å². The van der Waals surface area contributed by atoms with Gasteiger partial charge in [-0.15, -0.1) is 0 Å². The second-order valence-corrected chi connectivity index (χ2v) is 7.57. The van der Waals surface area contributed by atoms with E-state index in [1.807, 2.05) is 25.1 Å². The van der Waals surface area contributed by atoms with Crippen LogP contribution in [-0.4, -0.2) is 25.8 Å². The monoisotopic (exact) mass is 477 g/mol. The summed E-state index contributed by atoms with van der Waals surface area (Å²) >= 11 is 14.8. The van der Waals surface area contributed by atoms with E-state index in [0.29, 0.717) is 15.4 Å². The Hall–Kier alpha value is -2.29. The highest BCUT2D eigenvalue weighted by atomic mass is 79.9. The minimum Gasteiger partial charge on any atom is -0.332 e. The molecule has 6 nitrogen and oxygen atoms in total. The summed E-state index contributed by atoms with van der Waals surface area (Å²) in [5.41, 5.74) is 3.31. The third-order valence-corrected chi connectivity index (χ3v) is 4.94. The average Bonchev–Trinajstić information content (AvgIpc) is 3.05. The van der Waals surface area contributed by atoms with Gasteiger partial charge in [-0.25, -0.2) is 9.67 Å². The van der Waals surface area contributed by atoms with Gasteiger partial charge in [-0.1, -0.05) is 36.7 Å². The Morgan fingerprint density at radius 1 is 1.32 bits per heavy atom. The number of hydrogen-bond donors (Lipinski definition) is 2. The second kappa shape index (κ2) is 8.81. The predicted molar refractivity (Wildman–Crippen MR) is 118 cm³/mol. The molecule has 1 aromatic carbocycles. The summed E-state index contributed by atoms with van der Waals surface area (Å²) in [5, 5.41) is 10.7. The highest BCUT2D eigenvalue weighted by Gasteiger charge is 2.19. The van der Waals surface area contributed by atoms with Crippen molar-refractivity contribution in [3.63, 3.8) is 0 Å². The van der Waals surface area contributed by atoms with Crippen LogP contribution < -0.4 is 10.6 Å². The molecule has 0 aliphatic carbocycles. The predicted octanol–water partition coefficient (Wildman–Crippen LogP) is 4.68. The lowest BCUT2D eigenvalue weighted by molar-refractivity contribution is 0.0970. The standard InChI is InChI=1S/C19H17BrClN5OS/c1-3-12-7-4-6-11(2)16(12)23-19(28)24-18(27)14-10-15(20)25-26(14)17-13(21)8-5-9-22-17/h4-10H,3H2,1-2H3,(H2,23,24,27,28). The normalized spacial score (nSPS) is 10.6. The van der Waals surface area contributed by atoms with Crippen molar-refractivity contribution < 1.29 is 4.79 Å². The van der Waals surface area contributed by atoms with Gasteiger partial charge in [-0.2, -0.15) is 5.10 Å². The molecule has 1 amide bonds. The van der Waals surface area contributed by atoms with Gasteiger partial charge in [0.2, 0.25) is 0 Å². The molecule has 0 saturated carbocycles. The van der Waals surface area contributed by atoms with Gasteiger partial charge < -0.3 is 5.32 Å². The van der Waals surface area contributed by atoms with Crippen LogP contribution in [0.2, 0.25) is 5.02 Å². The van der Waals surface area contributed by atoms with Crippen molar-refractivity contribution >= 4 is 56.5 Å². The fourth-order valence-corrected chi connectivity index (χ4v) is 3.49. The molecule has 2 heterocycles. The molecule has 0 saturated heterocycles. The Bertz CT molecular complexity index is 1050. The van der Waals surface area contributed by atoms with Crippen molar-refractivity contribution in [1.82, 2.24) is 20.1 Å². The lowest BCUT2D eigenvalue weighted by Gasteiger charge is -2.15. The molecule has 2 aromatic heterocycles. The highest BCUT2D eigenvalue weighted by molar-refractivity contribution is 9.10. The van der Waals surface area contributed by atoms with E-state index in [1.54, 1.807) is 24.4 Å². The molecule has 0 spiro atoms. The number of carbonyl (C=O) groups excluding carboxylic acids is 1. The largest absolute Gasteiger partial charge is 0.332 e. The number of hydrogen-bond acceptors (Lipinski definition) is 4. The molecule has 3 rings (SSSR count). The van der Waals surface area contributed by atoms with Crippen molar-refractivity contribution in [3.8, 4) is 5.82 Å². The van der Waals surface area contributed by atoms with E-state index in [-0.39, 0.29) is 10.8 Å². The first-order valence-electron chi connectivity index (χ1n) is 8.48. The van der Waals surface area contributed by atoms with E-state index in [0.717, 1.165) is 23.2 Å². The van der Waals surface area contributed by atoms with Crippen LogP contribution in [0.3, 0.4) is 0 Å². The van der Waals surface area contributed by atoms with Gasteiger partial charge in [0.15, 0.2) is 10.9 Å². The van der Waals surface area contributed by atoms with E-state index in [4.69, 9.17) is 23.8 Å². The van der Waals surface area contributed by atoms with Crippen molar-refractivity contribution in [2.45, 2.75) is 20.3 Å². The summed E-state index contributed by atoms with van der Waals surface area (Å²) in [6.45, 7) is 4.05. The SMILES string of the molecule is CCc1cccc(C)c1NC(=S)NC(=O)c1cc(Br)nn1-c1ncccc1Cl. The number of rotatable bonds is 4. The Labute approximate surface area is 181 Å². The maximum Gasteiger partial charge on any atom is 0.276 e. The van der Waals surface area contributed by atoms with Crippen molar-refractivity contribution in [2.75, 3.05) is 5.32 Å². The number of pyridine rings is 1. The molecule has 0 radical (unpaired) electrons. The van der Waals surface area contributed by atoms with E-state index in [9.17, 15) is 4.79 Å². The van der Waals surface area contributed by atoms with Crippen LogP contribution in [0.15, 0.2) is 47.2 Å². The first kappa shape index (κ1) is 20.4. The number of anilines is 1. The fraction of sp³-hybridized carbons (Fsp3) is 0.158. The quantitative estimate of drug-likeness (QED) is 0.533. The zero-order chi connectivity index (χ0) is 20.3. The van der Waals surface area contributed by atoms with Crippen LogP contribution in [0.5, 0.6) is 0 Å². The Kier molecular flexibility index (Phi) is 6.43. The molecular weight excluding hydrogens is 462 g/mol. The van der Waals surface area contributed by atoms with Crippen LogP contribution in [-0.2, 0) is 6.42 Å². The van der Waals surface area contributed by atoms with Gasteiger partial charge in [0, 0.05) is 18.0 Å². The number of halogens is 2. The lowest BCUT2D eigenvalue weighted by Crippen LogP contribution is -2.35. The molecule has 0 aliphatic rings. The first-order chi connectivity index (χ1) is 13.4. The van der Waals surface area contributed by atoms with Crippen molar-refractivity contribution in [1.29, 1.82) is 0 Å². The number of aryl methyl sites for hydroxylation is 2. The van der Waals surface area contributed by atoms with E-state index < -0.39 is 5.91 Å². The molecule has 0 aliphatic heterocycles. The maximum absolute atomic E-state index is 12.8. The summed E-state index contributed by atoms with van der Waals surface area (Å²) < 4.78 is 1.85. The molecule has 0 atom stereocenters. The first-order valence-corrected chi connectivity index (χ1v) is 10.1. The van der Waals surface area contributed by atoms with Gasteiger partial charge in [0.1, 0.15) is 10.3 Å². The number of para-hydroxylation sites is 1.